The van der Waals surface area contributed by atoms with Gasteiger partial charge in [0, 0.05) is 24.3 Å². The number of halogens is 1. The van der Waals surface area contributed by atoms with Crippen molar-refractivity contribution in [3.8, 4) is 5.75 Å². The van der Waals surface area contributed by atoms with Crippen LogP contribution in [0.1, 0.15) is 30.5 Å². The highest BCUT2D eigenvalue weighted by Gasteiger charge is 2.18. The second kappa shape index (κ2) is 9.73. The topological polar surface area (TPSA) is 75.7 Å². The minimum Gasteiger partial charge on any atom is -0.483 e. The van der Waals surface area contributed by atoms with Gasteiger partial charge in [-0.3, -0.25) is 4.79 Å². The zero-order chi connectivity index (χ0) is 21.8. The molecule has 6 nitrogen and oxygen atoms in total. The van der Waals surface area contributed by atoms with Gasteiger partial charge in [-0.05, 0) is 66.8 Å². The number of nitrogens with one attached hydrogen (secondary N) is 1. The molecule has 0 fully saturated rings. The average molecular weight is 483 g/mol. The van der Waals surface area contributed by atoms with E-state index in [0.29, 0.717) is 11.3 Å². The van der Waals surface area contributed by atoms with Gasteiger partial charge in [0.25, 0.3) is 5.91 Å². The van der Waals surface area contributed by atoms with Gasteiger partial charge in [0.2, 0.25) is 10.0 Å². The molecule has 0 aromatic heterocycles. The molecular weight excluding hydrogens is 456 g/mol. The third kappa shape index (κ3) is 5.58. The summed E-state index contributed by atoms with van der Waals surface area (Å²) in [6.07, 6.45) is 1.59. The summed E-state index contributed by atoms with van der Waals surface area (Å²) >= 11 is 3.51. The molecule has 1 N–H and O–H groups in total. The first kappa shape index (κ1) is 23.4. The molecule has 0 unspecified atom stereocenters. The van der Waals surface area contributed by atoms with E-state index in [1.54, 1.807) is 19.1 Å². The number of amides is 1. The van der Waals surface area contributed by atoms with Crippen molar-refractivity contribution in [1.29, 1.82) is 0 Å². The number of carbonyl (C=O) groups is 1. The SMILES string of the molecule is CCc1cc(Br)cc(CC)c1NC(=O)COc1ccc(S(=O)(=O)N(C)C)cc1C. The van der Waals surface area contributed by atoms with Gasteiger partial charge in [0.1, 0.15) is 5.75 Å². The van der Waals surface area contributed by atoms with E-state index in [-0.39, 0.29) is 17.4 Å². The van der Waals surface area contributed by atoms with Crippen molar-refractivity contribution in [3.05, 3.63) is 51.5 Å². The highest BCUT2D eigenvalue weighted by Crippen LogP contribution is 2.28. The molecule has 0 aliphatic heterocycles. The van der Waals surface area contributed by atoms with Gasteiger partial charge >= 0.3 is 0 Å². The summed E-state index contributed by atoms with van der Waals surface area (Å²) in [5, 5.41) is 2.96. The number of anilines is 1. The number of aryl methyl sites for hydroxylation is 3. The lowest BCUT2D eigenvalue weighted by Gasteiger charge is -2.16. The second-order valence-corrected chi connectivity index (χ2v) is 9.93. The Bertz CT molecular complexity index is 979. The molecule has 0 spiro atoms. The summed E-state index contributed by atoms with van der Waals surface area (Å²) in [6, 6.07) is 8.61. The number of rotatable bonds is 8. The number of ether oxygens (including phenoxy) is 1. The van der Waals surface area contributed by atoms with Crippen LogP contribution in [0.3, 0.4) is 0 Å². The van der Waals surface area contributed by atoms with Gasteiger partial charge in [0.15, 0.2) is 6.61 Å². The van der Waals surface area contributed by atoms with E-state index < -0.39 is 10.0 Å². The molecule has 0 bridgehead atoms. The van der Waals surface area contributed by atoms with E-state index in [0.717, 1.165) is 38.4 Å². The zero-order valence-corrected chi connectivity index (χ0v) is 19.8. The Labute approximate surface area is 181 Å². The van der Waals surface area contributed by atoms with Gasteiger partial charge in [-0.25, -0.2) is 12.7 Å². The molecule has 0 aliphatic rings. The van der Waals surface area contributed by atoms with Crippen molar-refractivity contribution in [3.63, 3.8) is 0 Å². The quantitative estimate of drug-likeness (QED) is 0.612. The molecule has 1 amide bonds. The van der Waals surface area contributed by atoms with Crippen molar-refractivity contribution in [2.75, 3.05) is 26.0 Å². The number of hydrogen-bond donors (Lipinski definition) is 1. The van der Waals surface area contributed by atoms with Crippen LogP contribution in [0.4, 0.5) is 5.69 Å². The predicted octanol–water partition coefficient (Wildman–Crippen LogP) is 4.15. The Kier molecular flexibility index (Phi) is 7.85. The third-order valence-corrected chi connectivity index (χ3v) is 6.85. The third-order valence-electron chi connectivity index (χ3n) is 4.58. The van der Waals surface area contributed by atoms with Crippen molar-refractivity contribution in [2.24, 2.45) is 0 Å². The van der Waals surface area contributed by atoms with Crippen molar-refractivity contribution in [1.82, 2.24) is 4.31 Å². The maximum Gasteiger partial charge on any atom is 0.262 e. The van der Waals surface area contributed by atoms with Crippen LogP contribution in [0.25, 0.3) is 0 Å². The molecule has 2 aromatic carbocycles. The first-order valence-electron chi connectivity index (χ1n) is 9.37. The van der Waals surface area contributed by atoms with Gasteiger partial charge in [0.05, 0.1) is 4.90 Å². The molecule has 2 rings (SSSR count). The summed E-state index contributed by atoms with van der Waals surface area (Å²) in [5.74, 6) is 0.209. The summed E-state index contributed by atoms with van der Waals surface area (Å²) in [5.41, 5.74) is 3.59. The van der Waals surface area contributed by atoms with Crippen LogP contribution in [0.15, 0.2) is 39.7 Å². The highest BCUT2D eigenvalue weighted by molar-refractivity contribution is 9.10. The van der Waals surface area contributed by atoms with Crippen LogP contribution in [-0.2, 0) is 27.7 Å². The van der Waals surface area contributed by atoms with Crippen LogP contribution in [0, 0.1) is 6.92 Å². The number of benzene rings is 2. The number of carbonyl (C=O) groups excluding carboxylic acids is 1. The second-order valence-electron chi connectivity index (χ2n) is 6.86. The van der Waals surface area contributed by atoms with E-state index >= 15 is 0 Å². The maximum absolute atomic E-state index is 12.5. The summed E-state index contributed by atoms with van der Waals surface area (Å²) in [7, 11) is -0.547. The summed E-state index contributed by atoms with van der Waals surface area (Å²) < 4.78 is 32.2. The first-order chi connectivity index (χ1) is 13.6. The van der Waals surface area contributed by atoms with Gasteiger partial charge in [-0.15, -0.1) is 0 Å². The highest BCUT2D eigenvalue weighted by atomic mass is 79.9. The molecule has 29 heavy (non-hydrogen) atoms. The fourth-order valence-corrected chi connectivity index (χ4v) is 4.46. The normalized spacial score (nSPS) is 11.6. The lowest BCUT2D eigenvalue weighted by Crippen LogP contribution is -2.23. The molecule has 158 valence electrons. The van der Waals surface area contributed by atoms with E-state index in [9.17, 15) is 13.2 Å². The Balaban J connectivity index is 2.13. The minimum absolute atomic E-state index is 0.164. The zero-order valence-electron chi connectivity index (χ0n) is 17.4. The van der Waals surface area contributed by atoms with E-state index in [1.807, 2.05) is 26.0 Å². The maximum atomic E-state index is 12.5. The van der Waals surface area contributed by atoms with Crippen LogP contribution in [0.2, 0.25) is 0 Å². The van der Waals surface area contributed by atoms with Crippen molar-refractivity contribution < 1.29 is 17.9 Å². The van der Waals surface area contributed by atoms with E-state index in [2.05, 4.69) is 21.2 Å². The molecular formula is C21H27BrN2O4S. The smallest absolute Gasteiger partial charge is 0.262 e. The number of nitrogens with zero attached hydrogens (tertiary/aromatic N) is 1. The molecule has 8 heteroatoms. The van der Waals surface area contributed by atoms with Crippen LogP contribution in [-0.4, -0.2) is 39.3 Å². The molecule has 0 radical (unpaired) electrons. The minimum atomic E-state index is -3.51. The molecule has 0 saturated heterocycles. The van der Waals surface area contributed by atoms with E-state index in [1.165, 1.54) is 20.2 Å². The molecule has 2 aromatic rings. The fourth-order valence-electron chi connectivity index (χ4n) is 2.92. The lowest BCUT2D eigenvalue weighted by molar-refractivity contribution is -0.118. The average Bonchev–Trinajstić information content (AvgIpc) is 2.67. The largest absolute Gasteiger partial charge is 0.483 e. The molecule has 0 saturated carbocycles. The van der Waals surface area contributed by atoms with Crippen LogP contribution >= 0.6 is 15.9 Å². The summed E-state index contributed by atoms with van der Waals surface area (Å²) in [6.45, 7) is 5.67. The Morgan fingerprint density at radius 3 is 2.17 bits per heavy atom. The van der Waals surface area contributed by atoms with Crippen LogP contribution < -0.4 is 10.1 Å². The number of sulfonamides is 1. The van der Waals surface area contributed by atoms with Gasteiger partial charge < -0.3 is 10.1 Å². The molecule has 0 heterocycles. The lowest BCUT2D eigenvalue weighted by atomic mass is 10.0. The van der Waals surface area contributed by atoms with Gasteiger partial charge in [-0.1, -0.05) is 29.8 Å². The van der Waals surface area contributed by atoms with Crippen LogP contribution in [0.5, 0.6) is 5.75 Å². The predicted molar refractivity (Wildman–Crippen MR) is 119 cm³/mol. The standard InChI is InChI=1S/C21H27BrN2O4S/c1-6-15-11-17(22)12-16(7-2)21(15)23-20(25)13-28-19-9-8-18(10-14(19)3)29(26,27)24(4)5/h8-12H,6-7,13H2,1-5H3,(H,23,25). The van der Waals surface area contributed by atoms with E-state index in [4.69, 9.17) is 4.74 Å². The van der Waals surface area contributed by atoms with Gasteiger partial charge in [-0.2, -0.15) is 0 Å². The summed E-state index contributed by atoms with van der Waals surface area (Å²) in [4.78, 5) is 12.7. The van der Waals surface area contributed by atoms with Crippen molar-refractivity contribution in [2.45, 2.75) is 38.5 Å². The number of hydrogen-bond acceptors (Lipinski definition) is 4. The first-order valence-corrected chi connectivity index (χ1v) is 11.6. The Morgan fingerprint density at radius 1 is 1.10 bits per heavy atom. The molecule has 0 atom stereocenters. The molecule has 0 aliphatic carbocycles. The Hall–Kier alpha value is -1.90. The Morgan fingerprint density at radius 2 is 1.69 bits per heavy atom. The monoisotopic (exact) mass is 482 g/mol. The fraction of sp³-hybridized carbons (Fsp3) is 0.381. The van der Waals surface area contributed by atoms with Crippen molar-refractivity contribution >= 4 is 37.5 Å².